The maximum absolute atomic E-state index is 12.3. The average molecular weight is 262 g/mol. The molecule has 2 aromatic heterocycles. The molecule has 1 fully saturated rings. The first-order valence-corrected chi connectivity index (χ1v) is 6.22. The second-order valence-corrected chi connectivity index (χ2v) is 4.53. The summed E-state index contributed by atoms with van der Waals surface area (Å²) in [6.45, 7) is 0.627. The summed E-state index contributed by atoms with van der Waals surface area (Å²) in [5, 5.41) is 13.0. The first kappa shape index (κ1) is 12.0. The van der Waals surface area contributed by atoms with Crippen LogP contribution in [0.25, 0.3) is 11.5 Å². The summed E-state index contributed by atoms with van der Waals surface area (Å²) in [7, 11) is 0. The summed E-state index contributed by atoms with van der Waals surface area (Å²) < 4.78 is 10.3. The number of amides is 1. The average Bonchev–Trinajstić information content (AvgIpc) is 3.16. The van der Waals surface area contributed by atoms with Crippen molar-refractivity contribution in [3.05, 3.63) is 30.2 Å². The highest BCUT2D eigenvalue weighted by molar-refractivity contribution is 5.93. The molecule has 0 aromatic carbocycles. The van der Waals surface area contributed by atoms with Gasteiger partial charge in [-0.25, -0.2) is 0 Å². The molecule has 3 rings (SSSR count). The van der Waals surface area contributed by atoms with Gasteiger partial charge in [0, 0.05) is 12.6 Å². The van der Waals surface area contributed by atoms with Gasteiger partial charge in [0.05, 0.1) is 18.9 Å². The lowest BCUT2D eigenvalue weighted by Gasteiger charge is -2.21. The van der Waals surface area contributed by atoms with Gasteiger partial charge in [0.25, 0.3) is 5.91 Å². The highest BCUT2D eigenvalue weighted by Crippen LogP contribution is 2.23. The van der Waals surface area contributed by atoms with E-state index in [1.165, 1.54) is 6.26 Å². The van der Waals surface area contributed by atoms with Crippen LogP contribution in [0.15, 0.2) is 33.4 Å². The first-order chi connectivity index (χ1) is 9.29. The van der Waals surface area contributed by atoms with E-state index in [0.717, 1.165) is 12.8 Å². The van der Waals surface area contributed by atoms with Crippen LogP contribution in [0.2, 0.25) is 0 Å². The van der Waals surface area contributed by atoms with E-state index < -0.39 is 0 Å². The van der Waals surface area contributed by atoms with Crippen LogP contribution in [0.1, 0.15) is 23.3 Å². The number of hydrogen-bond acceptors (Lipinski definition) is 5. The molecule has 0 bridgehead atoms. The number of hydrogen-bond donors (Lipinski definition) is 1. The Morgan fingerprint density at radius 2 is 2.42 bits per heavy atom. The smallest absolute Gasteiger partial charge is 0.276 e. The van der Waals surface area contributed by atoms with E-state index in [1.807, 2.05) is 0 Å². The monoisotopic (exact) mass is 262 g/mol. The number of aliphatic hydroxyl groups excluding tert-OH is 1. The fraction of sp³-hybridized carbons (Fsp3) is 0.385. The number of aromatic nitrogens is 1. The first-order valence-electron chi connectivity index (χ1n) is 6.22. The molecule has 0 saturated carbocycles. The Morgan fingerprint density at radius 3 is 3.16 bits per heavy atom. The zero-order chi connectivity index (χ0) is 13.2. The van der Waals surface area contributed by atoms with Crippen molar-refractivity contribution in [2.24, 2.45) is 0 Å². The summed E-state index contributed by atoms with van der Waals surface area (Å²) in [5.74, 6) is 0.748. The third-order valence-electron chi connectivity index (χ3n) is 3.34. The van der Waals surface area contributed by atoms with Crippen molar-refractivity contribution in [1.82, 2.24) is 10.1 Å². The third kappa shape index (κ3) is 2.15. The minimum absolute atomic E-state index is 0.0192. The molecule has 1 N–H and O–H groups in total. The van der Waals surface area contributed by atoms with Crippen LogP contribution >= 0.6 is 0 Å². The summed E-state index contributed by atoms with van der Waals surface area (Å²) >= 11 is 0. The Bertz CT molecular complexity index is 561. The van der Waals surface area contributed by atoms with Gasteiger partial charge in [-0.15, -0.1) is 0 Å². The predicted molar refractivity (Wildman–Crippen MR) is 65.3 cm³/mol. The predicted octanol–water partition coefficient (Wildman–Crippen LogP) is 1.53. The van der Waals surface area contributed by atoms with Crippen LogP contribution in [0.3, 0.4) is 0 Å². The molecule has 0 unspecified atom stereocenters. The van der Waals surface area contributed by atoms with E-state index in [9.17, 15) is 9.90 Å². The second-order valence-electron chi connectivity index (χ2n) is 4.53. The van der Waals surface area contributed by atoms with Crippen molar-refractivity contribution in [3.63, 3.8) is 0 Å². The number of nitrogens with zero attached hydrogens (tertiary/aromatic N) is 2. The van der Waals surface area contributed by atoms with Gasteiger partial charge in [-0.05, 0) is 25.0 Å². The van der Waals surface area contributed by atoms with Crippen LogP contribution in [0.4, 0.5) is 0 Å². The Morgan fingerprint density at radius 1 is 1.53 bits per heavy atom. The lowest BCUT2D eigenvalue weighted by molar-refractivity contribution is 0.0667. The van der Waals surface area contributed by atoms with Crippen LogP contribution < -0.4 is 0 Å². The molecule has 1 amide bonds. The van der Waals surface area contributed by atoms with E-state index in [1.54, 1.807) is 23.1 Å². The molecule has 0 radical (unpaired) electrons. The molecule has 19 heavy (non-hydrogen) atoms. The molecule has 3 heterocycles. The largest absolute Gasteiger partial charge is 0.461 e. The number of carbonyl (C=O) groups is 1. The molecular formula is C13H14N2O4. The van der Waals surface area contributed by atoms with Crippen LogP contribution in [0, 0.1) is 0 Å². The zero-order valence-corrected chi connectivity index (χ0v) is 10.3. The normalized spacial score (nSPS) is 19.0. The van der Waals surface area contributed by atoms with E-state index in [-0.39, 0.29) is 24.2 Å². The lowest BCUT2D eigenvalue weighted by Crippen LogP contribution is -2.37. The minimum atomic E-state index is -0.210. The number of likely N-dealkylation sites (tertiary alicyclic amines) is 1. The molecule has 2 aromatic rings. The van der Waals surface area contributed by atoms with Crippen molar-refractivity contribution in [2.45, 2.75) is 18.9 Å². The molecule has 6 heteroatoms. The van der Waals surface area contributed by atoms with Gasteiger partial charge in [-0.3, -0.25) is 4.79 Å². The van der Waals surface area contributed by atoms with Crippen molar-refractivity contribution in [2.75, 3.05) is 13.2 Å². The van der Waals surface area contributed by atoms with Gasteiger partial charge in [-0.2, -0.15) is 0 Å². The molecule has 1 aliphatic rings. The summed E-state index contributed by atoms with van der Waals surface area (Å²) in [5.41, 5.74) is 0.242. The van der Waals surface area contributed by atoms with Crippen LogP contribution in [-0.4, -0.2) is 40.3 Å². The third-order valence-corrected chi connectivity index (χ3v) is 3.34. The SMILES string of the molecule is O=C(c1cc(-c2ccco2)on1)N1CCC[C@H]1CO. The molecule has 6 nitrogen and oxygen atoms in total. The molecule has 1 atom stereocenters. The lowest BCUT2D eigenvalue weighted by atomic mass is 10.2. The van der Waals surface area contributed by atoms with Crippen LogP contribution in [-0.2, 0) is 0 Å². The molecule has 0 aliphatic carbocycles. The Kier molecular flexibility index (Phi) is 3.08. The fourth-order valence-corrected chi connectivity index (χ4v) is 2.35. The number of rotatable bonds is 3. The molecule has 1 saturated heterocycles. The summed E-state index contributed by atoms with van der Waals surface area (Å²) in [6, 6.07) is 4.92. The summed E-state index contributed by atoms with van der Waals surface area (Å²) in [6.07, 6.45) is 3.26. The topological polar surface area (TPSA) is 79.7 Å². The van der Waals surface area contributed by atoms with E-state index >= 15 is 0 Å². The van der Waals surface area contributed by atoms with Gasteiger partial charge in [0.1, 0.15) is 0 Å². The van der Waals surface area contributed by atoms with E-state index in [2.05, 4.69) is 5.16 Å². The molecule has 0 spiro atoms. The number of aliphatic hydroxyl groups is 1. The van der Waals surface area contributed by atoms with Gasteiger partial charge >= 0.3 is 0 Å². The molecule has 100 valence electrons. The number of furan rings is 1. The maximum Gasteiger partial charge on any atom is 0.276 e. The van der Waals surface area contributed by atoms with E-state index in [0.29, 0.717) is 18.1 Å². The zero-order valence-electron chi connectivity index (χ0n) is 10.3. The van der Waals surface area contributed by atoms with Gasteiger partial charge in [0.15, 0.2) is 11.5 Å². The molecular weight excluding hydrogens is 248 g/mol. The molecule has 1 aliphatic heterocycles. The van der Waals surface area contributed by atoms with Crippen molar-refractivity contribution >= 4 is 5.91 Å². The maximum atomic E-state index is 12.3. The Balaban J connectivity index is 1.81. The number of carbonyl (C=O) groups excluding carboxylic acids is 1. The van der Waals surface area contributed by atoms with Gasteiger partial charge in [0.2, 0.25) is 5.76 Å². The van der Waals surface area contributed by atoms with Crippen LogP contribution in [0.5, 0.6) is 0 Å². The Labute approximate surface area is 109 Å². The van der Waals surface area contributed by atoms with Crippen molar-refractivity contribution < 1.29 is 18.8 Å². The highest BCUT2D eigenvalue weighted by atomic mass is 16.5. The van der Waals surface area contributed by atoms with Crippen molar-refractivity contribution in [1.29, 1.82) is 0 Å². The van der Waals surface area contributed by atoms with Gasteiger partial charge in [-0.1, -0.05) is 5.16 Å². The summed E-state index contributed by atoms with van der Waals surface area (Å²) in [4.78, 5) is 13.9. The Hall–Kier alpha value is -2.08. The highest BCUT2D eigenvalue weighted by Gasteiger charge is 2.30. The van der Waals surface area contributed by atoms with E-state index in [4.69, 9.17) is 8.94 Å². The van der Waals surface area contributed by atoms with Crippen molar-refractivity contribution in [3.8, 4) is 11.5 Å². The standard InChI is InChI=1S/C13H14N2O4/c16-8-9-3-1-5-15(9)13(17)10-7-12(19-14-10)11-4-2-6-18-11/h2,4,6-7,9,16H,1,3,5,8H2/t9-/m0/s1. The minimum Gasteiger partial charge on any atom is -0.461 e. The van der Waals surface area contributed by atoms with Gasteiger partial charge < -0.3 is 18.9 Å². The quantitative estimate of drug-likeness (QED) is 0.907. The second kappa shape index (κ2) is 4.89. The fourth-order valence-electron chi connectivity index (χ4n) is 2.35.